The van der Waals surface area contributed by atoms with E-state index in [-0.39, 0.29) is 5.54 Å². The number of hydrogen-bond acceptors (Lipinski definition) is 2. The van der Waals surface area contributed by atoms with E-state index in [1.54, 1.807) is 0 Å². The summed E-state index contributed by atoms with van der Waals surface area (Å²) < 4.78 is 27.4. The van der Waals surface area contributed by atoms with Crippen molar-refractivity contribution >= 4 is 26.0 Å². The number of sulfonamides is 1. The summed E-state index contributed by atoms with van der Waals surface area (Å²) in [5, 5.41) is 0.677. The maximum Gasteiger partial charge on any atom is 0.212 e. The molecule has 0 unspecified atom stereocenters. The minimum absolute atomic E-state index is 0.307. The lowest BCUT2D eigenvalue weighted by Gasteiger charge is -2.31. The predicted octanol–water partition coefficient (Wildman–Crippen LogP) is 3.44. The van der Waals surface area contributed by atoms with E-state index < -0.39 is 10.0 Å². The SMILES string of the molecule is CCC(CC)(CBr)NS(=O)(=O)CC1CCCCC1. The van der Waals surface area contributed by atoms with Crippen molar-refractivity contribution in [3.63, 3.8) is 0 Å². The number of alkyl halides is 1. The molecule has 0 aromatic carbocycles. The summed E-state index contributed by atoms with van der Waals surface area (Å²) in [6, 6.07) is 0. The van der Waals surface area contributed by atoms with Crippen LogP contribution in [0, 0.1) is 5.92 Å². The van der Waals surface area contributed by atoms with Crippen molar-refractivity contribution < 1.29 is 8.42 Å². The Morgan fingerprint density at radius 2 is 1.72 bits per heavy atom. The standard InChI is InChI=1S/C13H26BrNO2S/c1-3-13(4-2,11-14)15-18(16,17)10-12-8-6-5-7-9-12/h12,15H,3-11H2,1-2H3. The van der Waals surface area contributed by atoms with Gasteiger partial charge in [0.25, 0.3) is 0 Å². The van der Waals surface area contributed by atoms with E-state index in [1.165, 1.54) is 19.3 Å². The first kappa shape index (κ1) is 16.4. The van der Waals surface area contributed by atoms with Gasteiger partial charge in [0.05, 0.1) is 5.75 Å². The lowest BCUT2D eigenvalue weighted by Crippen LogP contribution is -2.50. The summed E-state index contributed by atoms with van der Waals surface area (Å²) in [4.78, 5) is 0. The van der Waals surface area contributed by atoms with E-state index in [0.717, 1.165) is 25.7 Å². The normalized spacial score (nSPS) is 19.1. The van der Waals surface area contributed by atoms with E-state index in [2.05, 4.69) is 20.7 Å². The lowest BCUT2D eigenvalue weighted by molar-refractivity contribution is 0.371. The van der Waals surface area contributed by atoms with Gasteiger partial charge in [0.15, 0.2) is 0 Å². The molecule has 0 bridgehead atoms. The van der Waals surface area contributed by atoms with Crippen LogP contribution in [-0.2, 0) is 10.0 Å². The molecule has 3 nitrogen and oxygen atoms in total. The van der Waals surface area contributed by atoms with Crippen LogP contribution in [0.15, 0.2) is 0 Å². The van der Waals surface area contributed by atoms with Gasteiger partial charge >= 0.3 is 0 Å². The first-order valence-corrected chi connectivity index (χ1v) is 9.82. The Kier molecular flexibility index (Phi) is 6.62. The third kappa shape index (κ3) is 4.82. The molecular formula is C13H26BrNO2S. The minimum Gasteiger partial charge on any atom is -0.212 e. The number of rotatable bonds is 7. The smallest absolute Gasteiger partial charge is 0.212 e. The summed E-state index contributed by atoms with van der Waals surface area (Å²) in [7, 11) is -3.16. The zero-order chi connectivity index (χ0) is 13.6. The highest BCUT2D eigenvalue weighted by atomic mass is 79.9. The first-order valence-electron chi connectivity index (χ1n) is 7.04. The average molecular weight is 340 g/mol. The maximum atomic E-state index is 12.3. The predicted molar refractivity (Wildman–Crippen MR) is 80.6 cm³/mol. The third-order valence-electron chi connectivity index (χ3n) is 4.16. The van der Waals surface area contributed by atoms with Crippen LogP contribution in [0.4, 0.5) is 0 Å². The second-order valence-corrected chi connectivity index (χ2v) is 7.84. The molecule has 0 saturated heterocycles. The Morgan fingerprint density at radius 3 is 2.17 bits per heavy atom. The van der Waals surface area contributed by atoms with Crippen molar-refractivity contribution in [1.82, 2.24) is 4.72 Å². The number of hydrogen-bond donors (Lipinski definition) is 1. The van der Waals surface area contributed by atoms with Crippen molar-refractivity contribution in [1.29, 1.82) is 0 Å². The van der Waals surface area contributed by atoms with Crippen molar-refractivity contribution in [3.8, 4) is 0 Å². The third-order valence-corrected chi connectivity index (χ3v) is 6.89. The van der Waals surface area contributed by atoms with Gasteiger partial charge in [-0.15, -0.1) is 0 Å². The summed E-state index contributed by atoms with van der Waals surface area (Å²) >= 11 is 3.44. The second-order valence-electron chi connectivity index (χ2n) is 5.51. The number of nitrogens with one attached hydrogen (secondary N) is 1. The molecule has 0 amide bonds. The molecule has 0 aromatic rings. The Labute approximate surface area is 120 Å². The molecule has 1 N–H and O–H groups in total. The molecule has 0 aromatic heterocycles. The lowest BCUT2D eigenvalue weighted by atomic mass is 9.91. The fraction of sp³-hybridized carbons (Fsp3) is 1.00. The maximum absolute atomic E-state index is 12.3. The Hall–Kier alpha value is 0.390. The highest BCUT2D eigenvalue weighted by Gasteiger charge is 2.31. The molecule has 0 atom stereocenters. The van der Waals surface area contributed by atoms with E-state index in [0.29, 0.717) is 17.0 Å². The van der Waals surface area contributed by atoms with Gasteiger partial charge in [0.1, 0.15) is 0 Å². The highest BCUT2D eigenvalue weighted by Crippen LogP contribution is 2.26. The van der Waals surface area contributed by atoms with E-state index in [1.807, 2.05) is 13.8 Å². The summed E-state index contributed by atoms with van der Waals surface area (Å²) in [5.74, 6) is 0.667. The number of halogens is 1. The fourth-order valence-corrected chi connectivity index (χ4v) is 5.82. The van der Waals surface area contributed by atoms with Gasteiger partial charge in [-0.25, -0.2) is 13.1 Å². The molecule has 0 spiro atoms. The van der Waals surface area contributed by atoms with Gasteiger partial charge in [-0.1, -0.05) is 49.0 Å². The molecule has 1 saturated carbocycles. The zero-order valence-electron chi connectivity index (χ0n) is 11.5. The molecule has 18 heavy (non-hydrogen) atoms. The van der Waals surface area contributed by atoms with Crippen molar-refractivity contribution in [2.24, 2.45) is 5.92 Å². The van der Waals surface area contributed by atoms with Crippen LogP contribution in [-0.4, -0.2) is 25.0 Å². The van der Waals surface area contributed by atoms with Gasteiger partial charge in [0, 0.05) is 10.9 Å². The van der Waals surface area contributed by atoms with Crippen LogP contribution in [0.2, 0.25) is 0 Å². The monoisotopic (exact) mass is 339 g/mol. The molecule has 1 aliphatic rings. The first-order chi connectivity index (χ1) is 8.47. The van der Waals surface area contributed by atoms with Crippen molar-refractivity contribution in [2.45, 2.75) is 64.3 Å². The second kappa shape index (κ2) is 7.25. The Bertz CT molecular complexity index is 325. The molecular weight excluding hydrogens is 314 g/mol. The summed E-state index contributed by atoms with van der Waals surface area (Å²) in [5.41, 5.74) is -0.312. The molecule has 0 radical (unpaired) electrons. The zero-order valence-corrected chi connectivity index (χ0v) is 13.9. The van der Waals surface area contributed by atoms with Crippen LogP contribution in [0.1, 0.15) is 58.8 Å². The molecule has 1 fully saturated rings. The van der Waals surface area contributed by atoms with Gasteiger partial charge in [-0.2, -0.15) is 0 Å². The molecule has 0 heterocycles. The van der Waals surface area contributed by atoms with Crippen LogP contribution in [0.25, 0.3) is 0 Å². The molecule has 1 aliphatic carbocycles. The van der Waals surface area contributed by atoms with Gasteiger partial charge in [-0.05, 0) is 31.6 Å². The van der Waals surface area contributed by atoms with Crippen LogP contribution in [0.5, 0.6) is 0 Å². The summed E-state index contributed by atoms with van der Waals surface area (Å²) in [6.45, 7) is 4.07. The van der Waals surface area contributed by atoms with E-state index in [4.69, 9.17) is 0 Å². The molecule has 0 aliphatic heterocycles. The largest absolute Gasteiger partial charge is 0.212 e. The molecule has 5 heteroatoms. The quantitative estimate of drug-likeness (QED) is 0.722. The Balaban J connectivity index is 2.62. The Morgan fingerprint density at radius 1 is 1.17 bits per heavy atom. The van der Waals surface area contributed by atoms with E-state index >= 15 is 0 Å². The van der Waals surface area contributed by atoms with Gasteiger partial charge in [0.2, 0.25) is 10.0 Å². The van der Waals surface area contributed by atoms with Crippen molar-refractivity contribution in [2.75, 3.05) is 11.1 Å². The fourth-order valence-electron chi connectivity index (χ4n) is 2.65. The molecule has 1 rings (SSSR count). The topological polar surface area (TPSA) is 46.2 Å². The van der Waals surface area contributed by atoms with Crippen LogP contribution >= 0.6 is 15.9 Å². The molecule has 108 valence electrons. The van der Waals surface area contributed by atoms with E-state index in [9.17, 15) is 8.42 Å². The summed E-state index contributed by atoms with van der Waals surface area (Å²) in [6.07, 6.45) is 7.41. The van der Waals surface area contributed by atoms with Crippen LogP contribution < -0.4 is 4.72 Å². The van der Waals surface area contributed by atoms with Gasteiger partial charge < -0.3 is 0 Å². The van der Waals surface area contributed by atoms with Crippen LogP contribution in [0.3, 0.4) is 0 Å². The highest BCUT2D eigenvalue weighted by molar-refractivity contribution is 9.09. The van der Waals surface area contributed by atoms with Gasteiger partial charge in [-0.3, -0.25) is 0 Å². The van der Waals surface area contributed by atoms with Crippen molar-refractivity contribution in [3.05, 3.63) is 0 Å². The average Bonchev–Trinajstić information content (AvgIpc) is 2.37. The minimum atomic E-state index is -3.16.